The molecule has 4 heavy (non-hydrogen) atoms. The van der Waals surface area contributed by atoms with Gasteiger partial charge in [-0.25, -0.2) is 0 Å². The van der Waals surface area contributed by atoms with Crippen LogP contribution in [0.4, 0.5) is 0 Å². The van der Waals surface area contributed by atoms with Gasteiger partial charge in [0.1, 0.15) is 0 Å². The number of rotatable bonds is 0. The smallest absolute Gasteiger partial charge is 0 e. The monoisotopic (exact) mass is 370 g/mol. The molecule has 0 rings (SSSR count). The van der Waals surface area contributed by atoms with Gasteiger partial charge in [-0.2, -0.15) is 0 Å². The van der Waals surface area contributed by atoms with Gasteiger partial charge < -0.3 is 0 Å². The van der Waals surface area contributed by atoms with E-state index < -0.39 is 0 Å². The van der Waals surface area contributed by atoms with Gasteiger partial charge in [0.05, 0.1) is 0 Å². The summed E-state index contributed by atoms with van der Waals surface area (Å²) in [6.45, 7) is 0. The van der Waals surface area contributed by atoms with Crippen molar-refractivity contribution in [1.29, 1.82) is 0 Å². The second kappa shape index (κ2) is 8.99. The summed E-state index contributed by atoms with van der Waals surface area (Å²) >= 11 is 6.80. The molecular weight excluding hydrogens is 373 g/mol. The summed E-state index contributed by atoms with van der Waals surface area (Å²) in [6.07, 6.45) is 0. The molecule has 0 aromatic heterocycles. The van der Waals surface area contributed by atoms with Crippen LogP contribution in [0.3, 0.4) is 0 Å². The first-order valence-corrected chi connectivity index (χ1v) is 7.35. The molecule has 0 unspecified atom stereocenters. The third kappa shape index (κ3) is 8.86. The first kappa shape index (κ1) is 9.56. The summed E-state index contributed by atoms with van der Waals surface area (Å²) in [5, 5.41) is 0. The van der Waals surface area contributed by atoms with E-state index in [-0.39, 0.29) is 20.4 Å². The van der Waals surface area contributed by atoms with Gasteiger partial charge in [0.25, 0.3) is 0 Å². The third-order valence-corrected chi connectivity index (χ3v) is 0. The van der Waals surface area contributed by atoms with Gasteiger partial charge in [-0.1, -0.05) is 0 Å². The summed E-state index contributed by atoms with van der Waals surface area (Å²) in [5.41, 5.74) is 0. The minimum atomic E-state index is 0. The van der Waals surface area contributed by atoms with Gasteiger partial charge in [-0.15, -0.1) is 0 Å². The van der Waals surface area contributed by atoms with Gasteiger partial charge in [-0.3, -0.25) is 0 Å². The minimum absolute atomic E-state index is 0. The molecule has 4 heteroatoms. The van der Waals surface area contributed by atoms with Crippen molar-refractivity contribution < 1.29 is 34.4 Å². The van der Waals surface area contributed by atoms with Gasteiger partial charge in [-0.05, 0) is 0 Å². The average Bonchev–Trinajstić information content (AvgIpc) is 0.918. The summed E-state index contributed by atoms with van der Waals surface area (Å²) in [5.74, 6) is 0. The topological polar surface area (TPSA) is 0 Å². The van der Waals surface area contributed by atoms with E-state index in [2.05, 4.69) is 26.9 Å². The first-order chi connectivity index (χ1) is 1.41. The van der Waals surface area contributed by atoms with Crippen LogP contribution < -0.4 is 0 Å². The van der Waals surface area contributed by atoms with E-state index in [1.54, 1.807) is 0 Å². The van der Waals surface area contributed by atoms with Crippen LogP contribution in [-0.2, 0) is 34.4 Å². The van der Waals surface area contributed by atoms with Crippen molar-refractivity contribution in [3.8, 4) is 0 Å². The number of hydrogen-bond acceptors (Lipinski definition) is 0. The van der Waals surface area contributed by atoms with Gasteiger partial charge in [0.2, 0.25) is 0 Å². The predicted octanol–water partition coefficient (Wildman–Crippen LogP) is 1.69. The van der Waals surface area contributed by atoms with Crippen LogP contribution in [0.15, 0.2) is 0 Å². The molecule has 0 aliphatic rings. The molecule has 0 aliphatic heterocycles. The molecule has 0 heterocycles. The van der Waals surface area contributed by atoms with E-state index in [1.807, 2.05) is 0 Å². The maximum atomic E-state index is 3.11. The zero-order valence-electron chi connectivity index (χ0n) is 1.39. The maximum Gasteiger partial charge on any atom is 0 e. The quantitative estimate of drug-likeness (QED) is 0.568. The Morgan fingerprint density at radius 2 is 1.25 bits per heavy atom. The van der Waals surface area contributed by atoms with Crippen molar-refractivity contribution in [2.75, 3.05) is 0 Å². The Bertz CT molecular complexity index is 4.00. The fourth-order valence-corrected chi connectivity index (χ4v) is 0. The van der Waals surface area contributed by atoms with E-state index in [0.717, 1.165) is 0 Å². The molecule has 0 N–H and O–H groups in total. The molecule has 0 saturated carbocycles. The van der Waals surface area contributed by atoms with E-state index in [1.165, 1.54) is 0 Å². The molecule has 0 amide bonds. The van der Waals surface area contributed by atoms with E-state index in [4.69, 9.17) is 0 Å². The molecule has 0 aliphatic carbocycles. The Morgan fingerprint density at radius 3 is 1.25 bits per heavy atom. The zero-order chi connectivity index (χ0) is 2.71. The molecule has 0 aromatic carbocycles. The molecule has 34 valence electrons. The van der Waals surface area contributed by atoms with E-state index in [0.29, 0.717) is 13.9 Å². The summed E-state index contributed by atoms with van der Waals surface area (Å²) in [4.78, 5) is 0. The standard InChI is InChI=1S/2BrH.2Pd/h2*1H;;/q;;;+2/p-2. The van der Waals surface area contributed by atoms with Crippen LogP contribution in [-0.4, -0.2) is 0 Å². The molecule has 0 fully saturated rings. The molecular formula is Br2Pd2. The van der Waals surface area contributed by atoms with Crippen LogP contribution in [0.5, 0.6) is 0 Å². The van der Waals surface area contributed by atoms with Crippen molar-refractivity contribution in [2.24, 2.45) is 0 Å². The summed E-state index contributed by atoms with van der Waals surface area (Å²) < 4.78 is 0. The van der Waals surface area contributed by atoms with Crippen LogP contribution in [0.2, 0.25) is 0 Å². The molecule has 0 bridgehead atoms. The Labute approximate surface area is 60.4 Å². The Kier molecular flexibility index (Phi) is 21.5. The molecule has 0 spiro atoms. The Balaban J connectivity index is 0. The third-order valence-electron chi connectivity index (χ3n) is 0. The molecule has 0 nitrogen and oxygen atoms in total. The molecule has 0 aromatic rings. The number of halogens is 2. The van der Waals surface area contributed by atoms with E-state index >= 15 is 0 Å². The van der Waals surface area contributed by atoms with Crippen molar-refractivity contribution >= 4 is 26.9 Å². The summed E-state index contributed by atoms with van der Waals surface area (Å²) in [7, 11) is 0. The molecule has 0 saturated heterocycles. The van der Waals surface area contributed by atoms with Gasteiger partial charge >= 0.3 is 40.8 Å². The van der Waals surface area contributed by atoms with Crippen LogP contribution in [0, 0.1) is 0 Å². The number of hydrogen-bond donors (Lipinski definition) is 0. The van der Waals surface area contributed by atoms with Crippen LogP contribution >= 0.6 is 26.9 Å². The van der Waals surface area contributed by atoms with Crippen molar-refractivity contribution in [3.63, 3.8) is 0 Å². The average molecular weight is 373 g/mol. The minimum Gasteiger partial charge on any atom is 0 e. The fourth-order valence-electron chi connectivity index (χ4n) is 0. The normalized spacial score (nSPS) is 5.50. The van der Waals surface area contributed by atoms with Gasteiger partial charge in [0, 0.05) is 20.4 Å². The van der Waals surface area contributed by atoms with Crippen molar-refractivity contribution in [2.45, 2.75) is 0 Å². The Morgan fingerprint density at radius 1 is 1.25 bits per heavy atom. The SMILES string of the molecule is [Br][Pd][Br].[Pd]. The Hall–Kier alpha value is 2.28. The van der Waals surface area contributed by atoms with Crippen molar-refractivity contribution in [1.82, 2.24) is 0 Å². The van der Waals surface area contributed by atoms with Crippen LogP contribution in [0.25, 0.3) is 0 Å². The largest absolute Gasteiger partial charge is 0 e. The predicted molar refractivity (Wildman–Crippen MR) is 17.9 cm³/mol. The first-order valence-electron chi connectivity index (χ1n) is 0.239. The molecule has 0 atom stereocenters. The fraction of sp³-hybridized carbons (Fsp3) is 0. The second-order valence-electron chi connectivity index (χ2n) is 0.0452. The van der Waals surface area contributed by atoms with Crippen LogP contribution in [0.1, 0.15) is 0 Å². The second-order valence-corrected chi connectivity index (χ2v) is 7.22. The van der Waals surface area contributed by atoms with Crippen molar-refractivity contribution in [3.05, 3.63) is 0 Å². The summed E-state index contributed by atoms with van der Waals surface area (Å²) in [6, 6.07) is 0. The zero-order valence-corrected chi connectivity index (χ0v) is 7.67. The molecule has 0 radical (unpaired) electrons. The maximum absolute atomic E-state index is 3.11. The van der Waals surface area contributed by atoms with E-state index in [9.17, 15) is 0 Å². The van der Waals surface area contributed by atoms with Gasteiger partial charge in [0.15, 0.2) is 0 Å².